The van der Waals surface area contributed by atoms with Gasteiger partial charge in [0.2, 0.25) is 5.91 Å². The van der Waals surface area contributed by atoms with Gasteiger partial charge in [-0.15, -0.1) is 0 Å². The van der Waals surface area contributed by atoms with E-state index in [2.05, 4.69) is 0 Å². The van der Waals surface area contributed by atoms with Crippen molar-refractivity contribution in [3.05, 3.63) is 0 Å². The van der Waals surface area contributed by atoms with Gasteiger partial charge >= 0.3 is 11.9 Å². The molecule has 8 nitrogen and oxygen atoms in total. The van der Waals surface area contributed by atoms with Crippen LogP contribution in [-0.4, -0.2) is 52.2 Å². The third-order valence-corrected chi connectivity index (χ3v) is 2.72. The number of carbonyl (C=O) groups is 3. The lowest BCUT2D eigenvalue weighted by atomic mass is 9.97. The van der Waals surface area contributed by atoms with Gasteiger partial charge in [0.25, 0.3) is 0 Å². The van der Waals surface area contributed by atoms with Gasteiger partial charge in [0.05, 0.1) is 24.4 Å². The Hall–Kier alpha value is -1.67. The fraction of sp³-hybridized carbons (Fsp3) is 0.667. The number of carboxylic acids is 2. The van der Waals surface area contributed by atoms with Crippen LogP contribution in [0.3, 0.4) is 0 Å². The summed E-state index contributed by atoms with van der Waals surface area (Å²) in [7, 11) is 0. The summed E-state index contributed by atoms with van der Waals surface area (Å²) in [4.78, 5) is 34.5. The summed E-state index contributed by atoms with van der Waals surface area (Å²) in [5, 5.41) is 17.7. The van der Waals surface area contributed by atoms with Crippen molar-refractivity contribution in [3.8, 4) is 0 Å². The summed E-state index contributed by atoms with van der Waals surface area (Å²) in [5.74, 6) is -5.01. The Kier molecular flexibility index (Phi) is 4.02. The number of nitrogens with zero attached hydrogens (tertiary/aromatic N) is 1. The average molecular weight is 245 g/mol. The molecule has 8 heteroatoms. The lowest BCUT2D eigenvalue weighted by Crippen LogP contribution is -2.39. The van der Waals surface area contributed by atoms with Crippen LogP contribution in [0.5, 0.6) is 0 Å². The summed E-state index contributed by atoms with van der Waals surface area (Å²) >= 11 is 0. The normalized spacial score (nSPS) is 24.1. The molecule has 0 aliphatic carbocycles. The molecule has 1 fully saturated rings. The summed E-state index contributed by atoms with van der Waals surface area (Å²) in [5.41, 5.74) is 10.5. The van der Waals surface area contributed by atoms with Crippen LogP contribution in [0.15, 0.2) is 0 Å². The zero-order valence-electron chi connectivity index (χ0n) is 9.07. The summed E-state index contributed by atoms with van der Waals surface area (Å²) in [6.45, 7) is -0.226. The van der Waals surface area contributed by atoms with E-state index in [4.69, 9.17) is 21.7 Å². The van der Waals surface area contributed by atoms with E-state index >= 15 is 0 Å². The van der Waals surface area contributed by atoms with Gasteiger partial charge < -0.3 is 26.6 Å². The average Bonchev–Trinajstić information content (AvgIpc) is 2.60. The maximum atomic E-state index is 11.6. The highest BCUT2D eigenvalue weighted by atomic mass is 16.4. The molecule has 6 N–H and O–H groups in total. The largest absolute Gasteiger partial charge is 0.481 e. The predicted molar refractivity (Wildman–Crippen MR) is 55.6 cm³/mol. The molecule has 0 aromatic heterocycles. The number of likely N-dealkylation sites (tertiary alicyclic amines) is 1. The first-order valence-corrected chi connectivity index (χ1v) is 5.07. The second-order valence-corrected chi connectivity index (χ2v) is 4.06. The Morgan fingerprint density at radius 1 is 1.12 bits per heavy atom. The van der Waals surface area contributed by atoms with Gasteiger partial charge in [-0.3, -0.25) is 14.4 Å². The van der Waals surface area contributed by atoms with E-state index in [0.29, 0.717) is 0 Å². The molecule has 1 aliphatic rings. The van der Waals surface area contributed by atoms with Crippen LogP contribution >= 0.6 is 0 Å². The molecule has 17 heavy (non-hydrogen) atoms. The van der Waals surface area contributed by atoms with Gasteiger partial charge in [0.15, 0.2) is 0 Å². The van der Waals surface area contributed by atoms with Gasteiger partial charge in [-0.25, -0.2) is 0 Å². The van der Waals surface area contributed by atoms with Crippen LogP contribution in [0.2, 0.25) is 0 Å². The lowest BCUT2D eigenvalue weighted by molar-refractivity contribution is -0.151. The number of rotatable bonds is 4. The van der Waals surface area contributed by atoms with Gasteiger partial charge in [-0.1, -0.05) is 0 Å². The van der Waals surface area contributed by atoms with Crippen LogP contribution in [0, 0.1) is 11.8 Å². The molecule has 2 atom stereocenters. The Morgan fingerprint density at radius 2 is 1.53 bits per heavy atom. The smallest absolute Gasteiger partial charge is 0.309 e. The minimum absolute atomic E-state index is 0.113. The predicted octanol–water partition coefficient (Wildman–Crippen LogP) is -2.14. The number of carboxylic acid groups (broad SMARTS) is 2. The Morgan fingerprint density at radius 3 is 1.82 bits per heavy atom. The minimum Gasteiger partial charge on any atom is -0.481 e. The standard InChI is InChI=1S/C9H15N3O5/c10-6(11)1-7(13)12-2-4(8(14)15)5(3-12)9(16)17/h4-6H,1-3,10-11H2,(H,14,15)(H,16,17). The first-order chi connectivity index (χ1) is 7.82. The van der Waals surface area contributed by atoms with Crippen molar-refractivity contribution in [2.45, 2.75) is 12.6 Å². The molecule has 1 heterocycles. The SMILES string of the molecule is NC(N)CC(=O)N1CC(C(=O)O)C(C(=O)O)C1. The van der Waals surface area contributed by atoms with Gasteiger partial charge in [-0.2, -0.15) is 0 Å². The second kappa shape index (κ2) is 5.11. The first kappa shape index (κ1) is 13.4. The van der Waals surface area contributed by atoms with Crippen LogP contribution in [0.4, 0.5) is 0 Å². The van der Waals surface area contributed by atoms with E-state index in [1.165, 1.54) is 4.90 Å². The van der Waals surface area contributed by atoms with Crippen molar-refractivity contribution in [2.75, 3.05) is 13.1 Å². The molecule has 0 aromatic carbocycles. The van der Waals surface area contributed by atoms with Crippen molar-refractivity contribution in [1.29, 1.82) is 0 Å². The third kappa shape index (κ3) is 3.14. The Labute approximate surface area is 97.2 Å². The maximum absolute atomic E-state index is 11.6. The monoisotopic (exact) mass is 245 g/mol. The first-order valence-electron chi connectivity index (χ1n) is 5.07. The molecule has 96 valence electrons. The van der Waals surface area contributed by atoms with E-state index in [0.717, 1.165) is 0 Å². The second-order valence-electron chi connectivity index (χ2n) is 4.06. The fourth-order valence-corrected chi connectivity index (χ4v) is 1.84. The molecule has 0 radical (unpaired) electrons. The maximum Gasteiger partial charge on any atom is 0.309 e. The topological polar surface area (TPSA) is 147 Å². The number of nitrogens with two attached hydrogens (primary N) is 2. The van der Waals surface area contributed by atoms with E-state index < -0.39 is 35.8 Å². The summed E-state index contributed by atoms with van der Waals surface area (Å²) < 4.78 is 0. The zero-order chi connectivity index (χ0) is 13.2. The van der Waals surface area contributed by atoms with Crippen LogP contribution in [-0.2, 0) is 14.4 Å². The molecule has 0 saturated carbocycles. The number of amides is 1. The molecule has 1 aliphatic heterocycles. The van der Waals surface area contributed by atoms with Crippen molar-refractivity contribution < 1.29 is 24.6 Å². The molecule has 0 bridgehead atoms. The lowest BCUT2D eigenvalue weighted by Gasteiger charge is -2.16. The quantitative estimate of drug-likeness (QED) is 0.413. The van der Waals surface area contributed by atoms with Crippen molar-refractivity contribution >= 4 is 17.8 Å². The molecular weight excluding hydrogens is 230 g/mol. The highest BCUT2D eigenvalue weighted by molar-refractivity contribution is 5.84. The van der Waals surface area contributed by atoms with Gasteiger partial charge in [0.1, 0.15) is 0 Å². The molecule has 2 unspecified atom stereocenters. The number of hydrogen-bond acceptors (Lipinski definition) is 5. The molecular formula is C9H15N3O5. The van der Waals surface area contributed by atoms with Gasteiger partial charge in [-0.05, 0) is 0 Å². The van der Waals surface area contributed by atoms with Gasteiger partial charge in [0, 0.05) is 13.1 Å². The summed E-state index contributed by atoms with van der Waals surface area (Å²) in [6.07, 6.45) is -0.951. The van der Waals surface area contributed by atoms with Crippen LogP contribution in [0.25, 0.3) is 0 Å². The van der Waals surface area contributed by atoms with E-state index in [1.54, 1.807) is 0 Å². The Bertz CT molecular complexity index is 322. The molecule has 0 aromatic rings. The molecule has 1 saturated heterocycles. The molecule has 0 spiro atoms. The van der Waals surface area contributed by atoms with E-state index in [-0.39, 0.29) is 19.5 Å². The van der Waals surface area contributed by atoms with Crippen molar-refractivity contribution in [2.24, 2.45) is 23.3 Å². The molecule has 1 rings (SSSR count). The van der Waals surface area contributed by atoms with Crippen LogP contribution in [0.1, 0.15) is 6.42 Å². The summed E-state index contributed by atoms with van der Waals surface area (Å²) in [6, 6.07) is 0. The number of hydrogen-bond donors (Lipinski definition) is 4. The zero-order valence-corrected chi connectivity index (χ0v) is 9.07. The number of aliphatic carboxylic acids is 2. The third-order valence-electron chi connectivity index (χ3n) is 2.72. The number of carbonyl (C=O) groups excluding carboxylic acids is 1. The Balaban J connectivity index is 2.72. The molecule has 1 amide bonds. The minimum atomic E-state index is -1.22. The van der Waals surface area contributed by atoms with Crippen molar-refractivity contribution in [3.63, 3.8) is 0 Å². The van der Waals surface area contributed by atoms with Crippen LogP contribution < -0.4 is 11.5 Å². The highest BCUT2D eigenvalue weighted by Gasteiger charge is 2.43. The fourth-order valence-electron chi connectivity index (χ4n) is 1.84. The highest BCUT2D eigenvalue weighted by Crippen LogP contribution is 2.24. The van der Waals surface area contributed by atoms with E-state index in [9.17, 15) is 14.4 Å². The van der Waals surface area contributed by atoms with E-state index in [1.807, 2.05) is 0 Å². The van der Waals surface area contributed by atoms with Crippen molar-refractivity contribution in [1.82, 2.24) is 4.90 Å².